The molecule has 1 heterocycles. The van der Waals surface area contributed by atoms with Gasteiger partial charge in [0.15, 0.2) is 5.82 Å². The maximum absolute atomic E-state index is 12.0. The minimum absolute atomic E-state index is 0.130. The minimum Gasteiger partial charge on any atom is -0.450 e. The number of ether oxygens (including phenoxy) is 1. The second-order valence-electron chi connectivity index (χ2n) is 6.54. The first-order valence-electron chi connectivity index (χ1n) is 9.61. The Balaban J connectivity index is 1.88. The Morgan fingerprint density at radius 2 is 2.00 bits per heavy atom. The zero-order valence-corrected chi connectivity index (χ0v) is 16.2. The van der Waals surface area contributed by atoms with Crippen molar-refractivity contribution in [3.05, 3.63) is 41.7 Å². The molecule has 9 nitrogen and oxygen atoms in total. The molecule has 0 aliphatic carbocycles. The van der Waals surface area contributed by atoms with Crippen LogP contribution in [-0.2, 0) is 22.5 Å². The molecule has 152 valence electrons. The SMILES string of the molecule is CCCCCCOC(=O)N[C@H](CC(N)=O)c1nnn(CCc2ccccc2)n1. The van der Waals surface area contributed by atoms with E-state index in [2.05, 4.69) is 27.7 Å². The van der Waals surface area contributed by atoms with Gasteiger partial charge < -0.3 is 15.8 Å². The zero-order valence-electron chi connectivity index (χ0n) is 16.2. The number of benzene rings is 1. The molecule has 0 aliphatic rings. The molecule has 1 aromatic heterocycles. The van der Waals surface area contributed by atoms with Crippen LogP contribution in [0.4, 0.5) is 4.79 Å². The first kappa shape index (κ1) is 21.3. The van der Waals surface area contributed by atoms with Gasteiger partial charge in [-0.3, -0.25) is 4.79 Å². The lowest BCUT2D eigenvalue weighted by Gasteiger charge is -2.13. The van der Waals surface area contributed by atoms with E-state index < -0.39 is 18.0 Å². The maximum Gasteiger partial charge on any atom is 0.407 e. The Morgan fingerprint density at radius 3 is 2.71 bits per heavy atom. The van der Waals surface area contributed by atoms with E-state index in [9.17, 15) is 9.59 Å². The van der Waals surface area contributed by atoms with E-state index in [0.29, 0.717) is 13.2 Å². The number of aromatic nitrogens is 4. The van der Waals surface area contributed by atoms with Crippen LogP contribution >= 0.6 is 0 Å². The van der Waals surface area contributed by atoms with Crippen LogP contribution in [0.1, 0.15) is 56.5 Å². The quantitative estimate of drug-likeness (QED) is 0.537. The lowest BCUT2D eigenvalue weighted by atomic mass is 10.2. The highest BCUT2D eigenvalue weighted by Crippen LogP contribution is 2.12. The Labute approximate surface area is 164 Å². The van der Waals surface area contributed by atoms with Crippen LogP contribution in [0.3, 0.4) is 0 Å². The number of carbonyl (C=O) groups excluding carboxylic acids is 2. The van der Waals surface area contributed by atoms with Gasteiger partial charge >= 0.3 is 6.09 Å². The van der Waals surface area contributed by atoms with Crippen molar-refractivity contribution in [3.8, 4) is 0 Å². The van der Waals surface area contributed by atoms with E-state index >= 15 is 0 Å². The molecule has 1 aromatic carbocycles. The summed E-state index contributed by atoms with van der Waals surface area (Å²) in [5.41, 5.74) is 6.44. The van der Waals surface area contributed by atoms with Crippen molar-refractivity contribution in [3.63, 3.8) is 0 Å². The van der Waals surface area contributed by atoms with Crippen molar-refractivity contribution < 1.29 is 14.3 Å². The number of nitrogens with two attached hydrogens (primary N) is 1. The van der Waals surface area contributed by atoms with E-state index in [1.54, 1.807) is 0 Å². The fourth-order valence-corrected chi connectivity index (χ4v) is 2.65. The maximum atomic E-state index is 12.0. The zero-order chi connectivity index (χ0) is 20.2. The molecule has 0 unspecified atom stereocenters. The highest BCUT2D eigenvalue weighted by atomic mass is 16.5. The Kier molecular flexibility index (Phi) is 8.90. The molecular formula is C19H28N6O3. The number of alkyl carbamates (subject to hydrolysis) is 1. The summed E-state index contributed by atoms with van der Waals surface area (Å²) in [6, 6.07) is 9.16. The van der Waals surface area contributed by atoms with E-state index in [0.717, 1.165) is 37.7 Å². The van der Waals surface area contributed by atoms with Crippen molar-refractivity contribution in [2.75, 3.05) is 6.61 Å². The highest BCUT2D eigenvalue weighted by molar-refractivity contribution is 5.76. The number of unbranched alkanes of at least 4 members (excludes halogenated alkanes) is 3. The predicted molar refractivity (Wildman–Crippen MR) is 103 cm³/mol. The molecule has 0 aliphatic heterocycles. The van der Waals surface area contributed by atoms with Crippen LogP contribution in [0.25, 0.3) is 0 Å². The Hall–Kier alpha value is -2.97. The number of hydrogen-bond donors (Lipinski definition) is 2. The van der Waals surface area contributed by atoms with Crippen LogP contribution in [0.5, 0.6) is 0 Å². The molecule has 1 atom stereocenters. The lowest BCUT2D eigenvalue weighted by Crippen LogP contribution is -2.33. The van der Waals surface area contributed by atoms with Crippen molar-refractivity contribution in [2.45, 2.75) is 58.0 Å². The van der Waals surface area contributed by atoms with Crippen LogP contribution < -0.4 is 11.1 Å². The molecule has 0 bridgehead atoms. The summed E-state index contributed by atoms with van der Waals surface area (Å²) < 4.78 is 5.15. The van der Waals surface area contributed by atoms with Gasteiger partial charge in [0.1, 0.15) is 6.04 Å². The van der Waals surface area contributed by atoms with Gasteiger partial charge in [-0.05, 0) is 23.6 Å². The third-order valence-electron chi connectivity index (χ3n) is 4.15. The molecule has 2 amide bonds. The van der Waals surface area contributed by atoms with Crippen molar-refractivity contribution in [2.24, 2.45) is 5.73 Å². The molecule has 0 saturated heterocycles. The van der Waals surface area contributed by atoms with Crippen molar-refractivity contribution >= 4 is 12.0 Å². The van der Waals surface area contributed by atoms with Crippen LogP contribution in [0, 0.1) is 0 Å². The summed E-state index contributed by atoms with van der Waals surface area (Å²) >= 11 is 0. The van der Waals surface area contributed by atoms with Crippen molar-refractivity contribution in [1.82, 2.24) is 25.5 Å². The summed E-state index contributed by atoms with van der Waals surface area (Å²) in [7, 11) is 0. The van der Waals surface area contributed by atoms with E-state index in [4.69, 9.17) is 10.5 Å². The molecule has 28 heavy (non-hydrogen) atoms. The highest BCUT2D eigenvalue weighted by Gasteiger charge is 2.22. The van der Waals surface area contributed by atoms with Gasteiger partial charge in [-0.1, -0.05) is 56.5 Å². The van der Waals surface area contributed by atoms with E-state index in [1.807, 2.05) is 30.3 Å². The number of nitrogens with zero attached hydrogens (tertiary/aromatic N) is 4. The smallest absolute Gasteiger partial charge is 0.407 e. The lowest BCUT2D eigenvalue weighted by molar-refractivity contribution is -0.118. The number of primary amides is 1. The number of amides is 2. The van der Waals surface area contributed by atoms with Gasteiger partial charge in [0.2, 0.25) is 5.91 Å². The van der Waals surface area contributed by atoms with Gasteiger partial charge in [-0.2, -0.15) is 4.80 Å². The molecule has 2 rings (SSSR count). The van der Waals surface area contributed by atoms with Gasteiger partial charge in [0.25, 0.3) is 0 Å². The second kappa shape index (κ2) is 11.7. The van der Waals surface area contributed by atoms with Crippen LogP contribution in [0.2, 0.25) is 0 Å². The number of nitrogens with one attached hydrogen (secondary N) is 1. The molecule has 2 aromatic rings. The third kappa shape index (κ3) is 7.73. The second-order valence-corrected chi connectivity index (χ2v) is 6.54. The molecule has 0 radical (unpaired) electrons. The largest absolute Gasteiger partial charge is 0.450 e. The number of carbonyl (C=O) groups is 2. The average molecular weight is 388 g/mol. The average Bonchev–Trinajstić information content (AvgIpc) is 3.15. The van der Waals surface area contributed by atoms with E-state index in [-0.39, 0.29) is 12.2 Å². The molecule has 9 heteroatoms. The van der Waals surface area contributed by atoms with Gasteiger partial charge in [0.05, 0.1) is 19.6 Å². The predicted octanol–water partition coefficient (Wildman–Crippen LogP) is 2.14. The number of tetrazole rings is 1. The standard InChI is InChI=1S/C19H28N6O3/c1-2-3-4-8-13-28-19(27)21-16(14-17(20)26)18-22-24-25(23-18)12-11-15-9-6-5-7-10-15/h5-7,9-10,16H,2-4,8,11-14H2,1H3,(H2,20,26)(H,21,27)/t16-/m1/s1. The van der Waals surface area contributed by atoms with E-state index in [1.165, 1.54) is 4.80 Å². The molecule has 0 fully saturated rings. The monoisotopic (exact) mass is 388 g/mol. The van der Waals surface area contributed by atoms with Gasteiger partial charge in [-0.15, -0.1) is 10.2 Å². The number of hydrogen-bond acceptors (Lipinski definition) is 6. The fraction of sp³-hybridized carbons (Fsp3) is 0.526. The molecule has 0 spiro atoms. The van der Waals surface area contributed by atoms with Crippen molar-refractivity contribution in [1.29, 1.82) is 0 Å². The summed E-state index contributed by atoms with van der Waals surface area (Å²) in [5.74, 6) is -0.344. The first-order valence-corrected chi connectivity index (χ1v) is 9.61. The Morgan fingerprint density at radius 1 is 1.21 bits per heavy atom. The van der Waals surface area contributed by atoms with Crippen LogP contribution in [-0.4, -0.2) is 38.8 Å². The minimum atomic E-state index is -0.772. The van der Waals surface area contributed by atoms with Gasteiger partial charge in [0, 0.05) is 0 Å². The summed E-state index contributed by atoms with van der Waals surface area (Å²) in [5, 5.41) is 14.8. The Bertz CT molecular complexity index is 734. The first-order chi connectivity index (χ1) is 13.6. The number of rotatable bonds is 12. The topological polar surface area (TPSA) is 125 Å². The third-order valence-corrected chi connectivity index (χ3v) is 4.15. The summed E-state index contributed by atoms with van der Waals surface area (Å²) in [6.45, 7) is 2.97. The summed E-state index contributed by atoms with van der Waals surface area (Å²) in [6.07, 6.45) is 4.01. The fourth-order valence-electron chi connectivity index (χ4n) is 2.65. The number of aryl methyl sites for hydroxylation is 2. The molecule has 0 saturated carbocycles. The van der Waals surface area contributed by atoms with Gasteiger partial charge in [-0.25, -0.2) is 4.79 Å². The molecular weight excluding hydrogens is 360 g/mol. The van der Waals surface area contributed by atoms with Crippen LogP contribution in [0.15, 0.2) is 30.3 Å². The molecule has 3 N–H and O–H groups in total. The normalized spacial score (nSPS) is 11.8. The summed E-state index contributed by atoms with van der Waals surface area (Å²) in [4.78, 5) is 24.8.